The van der Waals surface area contributed by atoms with Gasteiger partial charge in [-0.25, -0.2) is 5.01 Å². The molecule has 0 saturated carbocycles. The van der Waals surface area contributed by atoms with Gasteiger partial charge in [-0.15, -0.1) is 0 Å². The average Bonchev–Trinajstić information content (AvgIpc) is 2.96. The SMILES string of the molecule is COc1ccc([C@@]2(C)NC(=S)N(c3ccc([N+](=O)[O-])cc3)N2)c(OC)c1. The van der Waals surface area contributed by atoms with Gasteiger partial charge in [-0.05, 0) is 43.4 Å². The van der Waals surface area contributed by atoms with Crippen molar-refractivity contribution in [3.8, 4) is 11.5 Å². The minimum absolute atomic E-state index is 0.0198. The molecule has 1 aliphatic heterocycles. The topological polar surface area (TPSA) is 88.9 Å². The number of rotatable bonds is 5. The average molecular weight is 374 g/mol. The number of thiocarbonyl (C=S) groups is 1. The van der Waals surface area contributed by atoms with Crippen LogP contribution in [0.1, 0.15) is 12.5 Å². The van der Waals surface area contributed by atoms with Crippen molar-refractivity contribution < 1.29 is 14.4 Å². The van der Waals surface area contributed by atoms with E-state index in [2.05, 4.69) is 10.7 Å². The van der Waals surface area contributed by atoms with Gasteiger partial charge in [-0.3, -0.25) is 10.1 Å². The fourth-order valence-corrected chi connectivity index (χ4v) is 3.17. The number of non-ortho nitro benzene ring substituents is 1. The van der Waals surface area contributed by atoms with Gasteiger partial charge in [-0.1, -0.05) is 0 Å². The highest BCUT2D eigenvalue weighted by atomic mass is 32.1. The molecule has 0 bridgehead atoms. The maximum Gasteiger partial charge on any atom is 0.269 e. The third-order valence-corrected chi connectivity index (χ3v) is 4.45. The zero-order chi connectivity index (χ0) is 18.9. The van der Waals surface area contributed by atoms with Gasteiger partial charge in [0.15, 0.2) is 5.11 Å². The summed E-state index contributed by atoms with van der Waals surface area (Å²) in [6.45, 7) is 1.93. The van der Waals surface area contributed by atoms with Crippen LogP contribution in [-0.2, 0) is 5.66 Å². The van der Waals surface area contributed by atoms with E-state index >= 15 is 0 Å². The summed E-state index contributed by atoms with van der Waals surface area (Å²) in [6.07, 6.45) is 0. The quantitative estimate of drug-likeness (QED) is 0.469. The standard InChI is InChI=1S/C17H18N4O4S/c1-17(14-9-8-13(24-2)10-15(14)25-3)18-16(26)20(19-17)11-4-6-12(7-5-11)21(22)23/h4-10,19H,1-3H3,(H,18,26)/t17-/m0/s1. The molecule has 2 aromatic rings. The van der Waals surface area contributed by atoms with Gasteiger partial charge in [0.1, 0.15) is 17.2 Å². The summed E-state index contributed by atoms with van der Waals surface area (Å²) in [5.41, 5.74) is 4.12. The van der Waals surface area contributed by atoms with Crippen molar-refractivity contribution in [1.82, 2.24) is 10.7 Å². The molecule has 0 aromatic heterocycles. The van der Waals surface area contributed by atoms with Gasteiger partial charge >= 0.3 is 0 Å². The first-order chi connectivity index (χ1) is 12.4. The normalized spacial score (nSPS) is 19.2. The van der Waals surface area contributed by atoms with Gasteiger partial charge in [-0.2, -0.15) is 5.43 Å². The van der Waals surface area contributed by atoms with Crippen molar-refractivity contribution in [3.63, 3.8) is 0 Å². The van der Waals surface area contributed by atoms with E-state index in [1.54, 1.807) is 37.4 Å². The molecule has 0 amide bonds. The third-order valence-electron chi connectivity index (χ3n) is 4.16. The lowest BCUT2D eigenvalue weighted by molar-refractivity contribution is -0.384. The Bertz CT molecular complexity index is 858. The van der Waals surface area contributed by atoms with E-state index in [0.29, 0.717) is 22.3 Å². The van der Waals surface area contributed by atoms with Crippen LogP contribution in [0.25, 0.3) is 0 Å². The molecular weight excluding hydrogens is 356 g/mol. The van der Waals surface area contributed by atoms with Gasteiger partial charge in [0.25, 0.3) is 5.69 Å². The van der Waals surface area contributed by atoms with Crippen molar-refractivity contribution in [2.24, 2.45) is 0 Å². The van der Waals surface area contributed by atoms with Gasteiger partial charge in [0.2, 0.25) is 0 Å². The highest BCUT2D eigenvalue weighted by molar-refractivity contribution is 7.80. The molecule has 0 radical (unpaired) electrons. The van der Waals surface area contributed by atoms with Crippen LogP contribution in [0.2, 0.25) is 0 Å². The number of ether oxygens (including phenoxy) is 2. The Hall–Kier alpha value is -2.91. The number of hydrogen-bond donors (Lipinski definition) is 2. The molecule has 9 heteroatoms. The number of hydrogen-bond acceptors (Lipinski definition) is 6. The third kappa shape index (κ3) is 3.14. The lowest BCUT2D eigenvalue weighted by atomic mass is 10.0. The minimum atomic E-state index is -0.726. The smallest absolute Gasteiger partial charge is 0.269 e. The van der Waals surface area contributed by atoms with Crippen molar-refractivity contribution in [3.05, 3.63) is 58.1 Å². The van der Waals surface area contributed by atoms with Crippen molar-refractivity contribution in [1.29, 1.82) is 0 Å². The molecular formula is C17H18N4O4S. The van der Waals surface area contributed by atoms with E-state index in [-0.39, 0.29) is 5.69 Å². The van der Waals surface area contributed by atoms with Crippen LogP contribution in [0.3, 0.4) is 0 Å². The monoisotopic (exact) mass is 374 g/mol. The molecule has 0 unspecified atom stereocenters. The molecule has 1 heterocycles. The summed E-state index contributed by atoms with van der Waals surface area (Å²) < 4.78 is 10.7. The summed E-state index contributed by atoms with van der Waals surface area (Å²) in [7, 11) is 3.18. The zero-order valence-corrected chi connectivity index (χ0v) is 15.3. The first kappa shape index (κ1) is 17.9. The highest BCUT2D eigenvalue weighted by Gasteiger charge is 2.40. The summed E-state index contributed by atoms with van der Waals surface area (Å²) in [4.78, 5) is 10.4. The first-order valence-electron chi connectivity index (χ1n) is 7.75. The molecule has 0 spiro atoms. The number of nitrogens with one attached hydrogen (secondary N) is 2. The number of nitrogens with zero attached hydrogens (tertiary/aromatic N) is 2. The lowest BCUT2D eigenvalue weighted by Gasteiger charge is -2.27. The molecule has 136 valence electrons. The van der Waals surface area contributed by atoms with Gasteiger partial charge in [0, 0.05) is 23.8 Å². The van der Waals surface area contributed by atoms with E-state index in [1.807, 2.05) is 19.1 Å². The summed E-state index contributed by atoms with van der Waals surface area (Å²) >= 11 is 5.44. The van der Waals surface area contributed by atoms with Crippen molar-refractivity contribution in [2.75, 3.05) is 19.2 Å². The number of benzene rings is 2. The van der Waals surface area contributed by atoms with Crippen molar-refractivity contribution in [2.45, 2.75) is 12.6 Å². The molecule has 8 nitrogen and oxygen atoms in total. The number of methoxy groups -OCH3 is 2. The molecule has 3 rings (SSSR count). The largest absolute Gasteiger partial charge is 0.497 e. The van der Waals surface area contributed by atoms with Gasteiger partial charge in [0.05, 0.1) is 24.8 Å². The van der Waals surface area contributed by atoms with Crippen LogP contribution in [0, 0.1) is 10.1 Å². The fourth-order valence-electron chi connectivity index (χ4n) is 2.82. The second-order valence-corrected chi connectivity index (χ2v) is 6.23. The van der Waals surface area contributed by atoms with E-state index in [4.69, 9.17) is 21.7 Å². The Kier molecular flexibility index (Phi) is 4.66. The molecule has 2 N–H and O–H groups in total. The Morgan fingerprint density at radius 3 is 2.42 bits per heavy atom. The second-order valence-electron chi connectivity index (χ2n) is 5.84. The molecule has 26 heavy (non-hydrogen) atoms. The number of anilines is 1. The zero-order valence-electron chi connectivity index (χ0n) is 14.5. The molecule has 1 atom stereocenters. The molecule has 0 aliphatic carbocycles. The van der Waals surface area contributed by atoms with Crippen LogP contribution in [-0.4, -0.2) is 24.3 Å². The lowest BCUT2D eigenvalue weighted by Crippen LogP contribution is -2.46. The Labute approximate surface area is 155 Å². The fraction of sp³-hybridized carbons (Fsp3) is 0.235. The second kappa shape index (κ2) is 6.77. The predicted octanol–water partition coefficient (Wildman–Crippen LogP) is 2.68. The van der Waals surface area contributed by atoms with Crippen LogP contribution in [0.15, 0.2) is 42.5 Å². The number of nitro groups is 1. The maximum atomic E-state index is 10.8. The molecule has 1 saturated heterocycles. The predicted molar refractivity (Wildman–Crippen MR) is 101 cm³/mol. The van der Waals surface area contributed by atoms with E-state index in [1.165, 1.54) is 12.1 Å². The van der Waals surface area contributed by atoms with Crippen LogP contribution in [0.4, 0.5) is 11.4 Å². The molecule has 1 aliphatic rings. The summed E-state index contributed by atoms with van der Waals surface area (Å²) in [5, 5.41) is 16.2. The van der Waals surface area contributed by atoms with E-state index in [9.17, 15) is 10.1 Å². The maximum absolute atomic E-state index is 10.8. The summed E-state index contributed by atoms with van der Waals surface area (Å²) in [5.74, 6) is 1.32. The van der Waals surface area contributed by atoms with Crippen LogP contribution in [0.5, 0.6) is 11.5 Å². The van der Waals surface area contributed by atoms with E-state index in [0.717, 1.165) is 5.56 Å². The van der Waals surface area contributed by atoms with Crippen LogP contribution >= 0.6 is 12.2 Å². The summed E-state index contributed by atoms with van der Waals surface area (Å²) in [6, 6.07) is 11.7. The molecule has 2 aromatic carbocycles. The van der Waals surface area contributed by atoms with E-state index < -0.39 is 10.6 Å². The van der Waals surface area contributed by atoms with Crippen molar-refractivity contribution >= 4 is 28.7 Å². The minimum Gasteiger partial charge on any atom is -0.497 e. The Morgan fingerprint density at radius 2 is 1.85 bits per heavy atom. The number of hydrazine groups is 1. The van der Waals surface area contributed by atoms with Crippen LogP contribution < -0.4 is 25.2 Å². The first-order valence-corrected chi connectivity index (χ1v) is 8.16. The highest BCUT2D eigenvalue weighted by Crippen LogP contribution is 2.35. The van der Waals surface area contributed by atoms with Gasteiger partial charge < -0.3 is 14.8 Å². The number of nitro benzene ring substituents is 1. The molecule has 1 fully saturated rings. The Balaban J connectivity index is 1.92. The Morgan fingerprint density at radius 1 is 1.15 bits per heavy atom.